The van der Waals surface area contributed by atoms with Crippen molar-refractivity contribution in [3.8, 4) is 0 Å². The lowest BCUT2D eigenvalue weighted by Gasteiger charge is -2.31. The summed E-state index contributed by atoms with van der Waals surface area (Å²) in [5.41, 5.74) is 10.6. The smallest absolute Gasteiger partial charge is 0.234 e. The molecule has 1 saturated carbocycles. The molecule has 4 heteroatoms. The summed E-state index contributed by atoms with van der Waals surface area (Å²) in [5.74, 6) is 0.234. The molecule has 1 amide bonds. The highest BCUT2D eigenvalue weighted by Gasteiger charge is 2.24. The lowest BCUT2D eigenvalue weighted by atomic mass is 9.85. The van der Waals surface area contributed by atoms with Gasteiger partial charge in [-0.1, -0.05) is 26.2 Å². The third-order valence-electron chi connectivity index (χ3n) is 3.49. The van der Waals surface area contributed by atoms with Crippen molar-refractivity contribution >= 4 is 5.91 Å². The number of ether oxygens (including phenoxy) is 1. The summed E-state index contributed by atoms with van der Waals surface area (Å²) in [6.45, 7) is 2.76. The fraction of sp³-hybridized carbons (Fsp3) is 0.917. The Kier molecular flexibility index (Phi) is 5.77. The molecule has 3 atom stereocenters. The first-order valence-corrected chi connectivity index (χ1v) is 6.31. The molecule has 1 aliphatic carbocycles. The molecule has 4 nitrogen and oxygen atoms in total. The monoisotopic (exact) mass is 228 g/mol. The van der Waals surface area contributed by atoms with Gasteiger partial charge in [0.25, 0.3) is 0 Å². The van der Waals surface area contributed by atoms with Crippen molar-refractivity contribution in [3.05, 3.63) is 0 Å². The van der Waals surface area contributed by atoms with Gasteiger partial charge in [-0.3, -0.25) is 4.79 Å². The van der Waals surface area contributed by atoms with Crippen LogP contribution in [0.4, 0.5) is 0 Å². The van der Waals surface area contributed by atoms with Gasteiger partial charge >= 0.3 is 0 Å². The van der Waals surface area contributed by atoms with E-state index in [-0.39, 0.29) is 0 Å². The summed E-state index contributed by atoms with van der Waals surface area (Å²) in [4.78, 5) is 10.7. The summed E-state index contributed by atoms with van der Waals surface area (Å²) in [6.07, 6.45) is 7.04. The van der Waals surface area contributed by atoms with E-state index in [2.05, 4.69) is 6.92 Å². The molecular weight excluding hydrogens is 204 g/mol. The van der Waals surface area contributed by atoms with Gasteiger partial charge in [-0.05, 0) is 25.2 Å². The Morgan fingerprint density at radius 2 is 2.12 bits per heavy atom. The average Bonchev–Trinajstić information content (AvgIpc) is 2.29. The van der Waals surface area contributed by atoms with Gasteiger partial charge in [-0.15, -0.1) is 0 Å². The molecule has 0 aliphatic heterocycles. The first kappa shape index (κ1) is 13.5. The average molecular weight is 228 g/mol. The summed E-state index contributed by atoms with van der Waals surface area (Å²) in [7, 11) is 0. The number of hydrogen-bond acceptors (Lipinski definition) is 3. The largest absolute Gasteiger partial charge is 0.378 e. The minimum Gasteiger partial charge on any atom is -0.378 e. The van der Waals surface area contributed by atoms with Crippen LogP contribution in [0.25, 0.3) is 0 Å². The van der Waals surface area contributed by atoms with Crippen molar-refractivity contribution in [2.24, 2.45) is 17.4 Å². The summed E-state index contributed by atoms with van der Waals surface area (Å²) < 4.78 is 5.82. The van der Waals surface area contributed by atoms with Crippen molar-refractivity contribution in [3.63, 3.8) is 0 Å². The van der Waals surface area contributed by atoms with E-state index in [0.29, 0.717) is 25.0 Å². The Morgan fingerprint density at radius 1 is 1.44 bits per heavy atom. The van der Waals surface area contributed by atoms with Crippen molar-refractivity contribution in [2.75, 3.05) is 6.61 Å². The van der Waals surface area contributed by atoms with Crippen molar-refractivity contribution < 1.29 is 9.53 Å². The topological polar surface area (TPSA) is 78.3 Å². The van der Waals surface area contributed by atoms with Crippen molar-refractivity contribution in [1.29, 1.82) is 0 Å². The lowest BCUT2D eigenvalue weighted by Crippen LogP contribution is -2.38. The van der Waals surface area contributed by atoms with E-state index in [1.165, 1.54) is 25.7 Å². The second kappa shape index (κ2) is 6.86. The van der Waals surface area contributed by atoms with Gasteiger partial charge in [0.15, 0.2) is 0 Å². The van der Waals surface area contributed by atoms with Gasteiger partial charge in [0.2, 0.25) is 5.91 Å². The first-order chi connectivity index (χ1) is 7.65. The Morgan fingerprint density at radius 3 is 2.75 bits per heavy atom. The second-order valence-corrected chi connectivity index (χ2v) is 4.66. The van der Waals surface area contributed by atoms with E-state index < -0.39 is 11.9 Å². The molecule has 0 saturated heterocycles. The molecule has 0 heterocycles. The highest BCUT2D eigenvalue weighted by Crippen LogP contribution is 2.29. The lowest BCUT2D eigenvalue weighted by molar-refractivity contribution is -0.120. The van der Waals surface area contributed by atoms with Gasteiger partial charge in [0.1, 0.15) is 0 Å². The van der Waals surface area contributed by atoms with Crippen LogP contribution in [0.15, 0.2) is 0 Å². The highest BCUT2D eigenvalue weighted by atomic mass is 16.5. The Labute approximate surface area is 97.7 Å². The SMILES string of the molecule is CCC1CCCCC1OCCC(N)C(N)=O. The third kappa shape index (κ3) is 4.10. The maximum atomic E-state index is 10.7. The van der Waals surface area contributed by atoms with Crippen LogP contribution in [0.1, 0.15) is 45.4 Å². The predicted octanol–water partition coefficient (Wildman–Crippen LogP) is 1.17. The Hall–Kier alpha value is -0.610. The van der Waals surface area contributed by atoms with Crippen molar-refractivity contribution in [1.82, 2.24) is 0 Å². The second-order valence-electron chi connectivity index (χ2n) is 4.66. The molecule has 0 bridgehead atoms. The molecule has 0 aromatic rings. The summed E-state index contributed by atoms with van der Waals surface area (Å²) in [5, 5.41) is 0. The molecule has 1 aliphatic rings. The zero-order valence-electron chi connectivity index (χ0n) is 10.2. The number of rotatable bonds is 6. The normalized spacial score (nSPS) is 27.6. The fourth-order valence-electron chi connectivity index (χ4n) is 2.35. The number of carbonyl (C=O) groups excluding carboxylic acids is 1. The summed E-state index contributed by atoms with van der Waals surface area (Å²) in [6, 6.07) is -0.566. The predicted molar refractivity (Wildman–Crippen MR) is 63.8 cm³/mol. The highest BCUT2D eigenvalue weighted by molar-refractivity contribution is 5.79. The van der Waals surface area contributed by atoms with Crippen LogP contribution in [0.2, 0.25) is 0 Å². The zero-order valence-corrected chi connectivity index (χ0v) is 10.2. The van der Waals surface area contributed by atoms with Gasteiger partial charge in [0.05, 0.1) is 12.1 Å². The van der Waals surface area contributed by atoms with Gasteiger partial charge in [0, 0.05) is 6.61 Å². The van der Waals surface area contributed by atoms with E-state index in [9.17, 15) is 4.79 Å². The van der Waals surface area contributed by atoms with Crippen LogP contribution in [-0.2, 0) is 9.53 Å². The van der Waals surface area contributed by atoms with Crippen LogP contribution in [-0.4, -0.2) is 24.7 Å². The maximum absolute atomic E-state index is 10.7. The molecule has 0 radical (unpaired) electrons. The van der Waals surface area contributed by atoms with Crippen LogP contribution in [0, 0.1) is 5.92 Å². The van der Waals surface area contributed by atoms with Crippen LogP contribution in [0.3, 0.4) is 0 Å². The minimum absolute atomic E-state index is 0.360. The number of nitrogens with two attached hydrogens (primary N) is 2. The Bertz CT molecular complexity index is 221. The maximum Gasteiger partial charge on any atom is 0.234 e. The quantitative estimate of drug-likeness (QED) is 0.716. The number of amides is 1. The van der Waals surface area contributed by atoms with E-state index in [1.807, 2.05) is 0 Å². The number of carbonyl (C=O) groups is 1. The van der Waals surface area contributed by atoms with Gasteiger partial charge < -0.3 is 16.2 Å². The first-order valence-electron chi connectivity index (χ1n) is 6.31. The standard InChI is InChI=1S/C12H24N2O2/c1-2-9-5-3-4-6-11(9)16-8-7-10(13)12(14)15/h9-11H,2-8,13H2,1H3,(H2,14,15). The molecular formula is C12H24N2O2. The number of hydrogen-bond donors (Lipinski definition) is 2. The van der Waals surface area contributed by atoms with Crippen LogP contribution in [0.5, 0.6) is 0 Å². The molecule has 94 valence electrons. The third-order valence-corrected chi connectivity index (χ3v) is 3.49. The van der Waals surface area contributed by atoms with Crippen LogP contribution >= 0.6 is 0 Å². The fourth-order valence-corrected chi connectivity index (χ4v) is 2.35. The molecule has 0 aromatic heterocycles. The minimum atomic E-state index is -0.566. The summed E-state index contributed by atoms with van der Waals surface area (Å²) >= 11 is 0. The van der Waals surface area contributed by atoms with Crippen LogP contribution < -0.4 is 11.5 Å². The Balaban J connectivity index is 2.22. The molecule has 0 aromatic carbocycles. The molecule has 1 fully saturated rings. The van der Waals surface area contributed by atoms with Gasteiger partial charge in [-0.2, -0.15) is 0 Å². The zero-order chi connectivity index (χ0) is 12.0. The van der Waals surface area contributed by atoms with Gasteiger partial charge in [-0.25, -0.2) is 0 Å². The van der Waals surface area contributed by atoms with E-state index >= 15 is 0 Å². The van der Waals surface area contributed by atoms with Crippen molar-refractivity contribution in [2.45, 2.75) is 57.6 Å². The van der Waals surface area contributed by atoms with E-state index in [4.69, 9.17) is 16.2 Å². The number of primary amides is 1. The molecule has 0 spiro atoms. The van der Waals surface area contributed by atoms with E-state index in [1.54, 1.807) is 0 Å². The molecule has 3 unspecified atom stereocenters. The molecule has 1 rings (SSSR count). The van der Waals surface area contributed by atoms with E-state index in [0.717, 1.165) is 6.42 Å². The molecule has 4 N–H and O–H groups in total. The molecule has 16 heavy (non-hydrogen) atoms.